The van der Waals surface area contributed by atoms with Gasteiger partial charge in [-0.2, -0.15) is 0 Å². The molecule has 122 valence electrons. The van der Waals surface area contributed by atoms with E-state index in [1.54, 1.807) is 31.2 Å². The lowest BCUT2D eigenvalue weighted by Crippen LogP contribution is -2.02. The molecule has 0 amide bonds. The Morgan fingerprint density at radius 2 is 1.58 bits per heavy atom. The summed E-state index contributed by atoms with van der Waals surface area (Å²) in [5.74, 6) is 1.48. The van der Waals surface area contributed by atoms with Crippen LogP contribution in [0.1, 0.15) is 18.3 Å². The molecule has 0 spiro atoms. The number of para-hydroxylation sites is 1. The molecule has 2 N–H and O–H groups in total. The molecule has 0 saturated carbocycles. The first kappa shape index (κ1) is 15.9. The van der Waals surface area contributed by atoms with Crippen LogP contribution in [0.15, 0.2) is 54.6 Å². The standard InChI is InChI=1S/C19H19FN4/c1-3-14-8-10-15(11-9-14)23-18-12-19(22-13(2)21-18)24-17-7-5-4-6-16(17)20/h4-12H,3H2,1-2H3,(H2,21,22,23,24). The smallest absolute Gasteiger partial charge is 0.146 e. The van der Waals surface area contributed by atoms with Crippen molar-refractivity contribution in [3.8, 4) is 0 Å². The number of aromatic nitrogens is 2. The lowest BCUT2D eigenvalue weighted by Gasteiger charge is -2.11. The van der Waals surface area contributed by atoms with E-state index in [2.05, 4.69) is 39.7 Å². The van der Waals surface area contributed by atoms with Crippen molar-refractivity contribution in [3.05, 3.63) is 71.8 Å². The van der Waals surface area contributed by atoms with E-state index in [9.17, 15) is 4.39 Å². The van der Waals surface area contributed by atoms with Crippen molar-refractivity contribution in [2.24, 2.45) is 0 Å². The van der Waals surface area contributed by atoms with Gasteiger partial charge in [0, 0.05) is 11.8 Å². The van der Waals surface area contributed by atoms with Crippen molar-refractivity contribution in [1.29, 1.82) is 0 Å². The van der Waals surface area contributed by atoms with Gasteiger partial charge < -0.3 is 10.6 Å². The summed E-state index contributed by atoms with van der Waals surface area (Å²) in [6, 6.07) is 16.4. The van der Waals surface area contributed by atoms with E-state index in [1.807, 2.05) is 12.1 Å². The van der Waals surface area contributed by atoms with Crippen LogP contribution >= 0.6 is 0 Å². The fourth-order valence-electron chi connectivity index (χ4n) is 2.37. The Kier molecular flexibility index (Phi) is 4.70. The third-order valence-electron chi connectivity index (χ3n) is 3.61. The number of anilines is 4. The quantitative estimate of drug-likeness (QED) is 0.696. The van der Waals surface area contributed by atoms with Gasteiger partial charge in [0.25, 0.3) is 0 Å². The van der Waals surface area contributed by atoms with Crippen LogP contribution in [0.3, 0.4) is 0 Å². The van der Waals surface area contributed by atoms with Crippen LogP contribution in [0, 0.1) is 12.7 Å². The molecule has 1 aromatic heterocycles. The second kappa shape index (κ2) is 7.08. The minimum absolute atomic E-state index is 0.321. The lowest BCUT2D eigenvalue weighted by atomic mass is 10.1. The summed E-state index contributed by atoms with van der Waals surface area (Å²) < 4.78 is 13.8. The Hall–Kier alpha value is -2.95. The molecule has 0 bridgehead atoms. The van der Waals surface area contributed by atoms with Gasteiger partial charge in [-0.3, -0.25) is 0 Å². The number of aryl methyl sites for hydroxylation is 2. The van der Waals surface area contributed by atoms with Crippen molar-refractivity contribution in [2.75, 3.05) is 10.6 Å². The third-order valence-corrected chi connectivity index (χ3v) is 3.61. The van der Waals surface area contributed by atoms with E-state index in [0.29, 0.717) is 23.1 Å². The first-order valence-corrected chi connectivity index (χ1v) is 7.87. The summed E-state index contributed by atoms with van der Waals surface area (Å²) in [5, 5.41) is 6.24. The molecule has 0 aliphatic heterocycles. The highest BCUT2D eigenvalue weighted by atomic mass is 19.1. The number of nitrogens with zero attached hydrogens (tertiary/aromatic N) is 2. The van der Waals surface area contributed by atoms with Gasteiger partial charge in [0.1, 0.15) is 23.3 Å². The summed E-state index contributed by atoms with van der Waals surface area (Å²) in [7, 11) is 0. The van der Waals surface area contributed by atoms with Gasteiger partial charge in [-0.25, -0.2) is 14.4 Å². The monoisotopic (exact) mass is 322 g/mol. The Morgan fingerprint density at radius 3 is 2.25 bits per heavy atom. The van der Waals surface area contributed by atoms with E-state index >= 15 is 0 Å². The zero-order chi connectivity index (χ0) is 16.9. The van der Waals surface area contributed by atoms with Crippen LogP contribution in [0.4, 0.5) is 27.4 Å². The van der Waals surface area contributed by atoms with E-state index in [-0.39, 0.29) is 5.82 Å². The molecule has 0 fully saturated rings. The van der Waals surface area contributed by atoms with Crippen LogP contribution in [0.5, 0.6) is 0 Å². The molecular weight excluding hydrogens is 303 g/mol. The predicted molar refractivity (Wildman–Crippen MR) is 95.6 cm³/mol. The SMILES string of the molecule is CCc1ccc(Nc2cc(Nc3ccccc3F)nc(C)n2)cc1. The van der Waals surface area contributed by atoms with Crippen LogP contribution < -0.4 is 10.6 Å². The number of hydrogen-bond acceptors (Lipinski definition) is 4. The van der Waals surface area contributed by atoms with E-state index in [4.69, 9.17) is 0 Å². The predicted octanol–water partition coefficient (Wildman–Crippen LogP) is 4.97. The maximum atomic E-state index is 13.8. The van der Waals surface area contributed by atoms with Gasteiger partial charge in [-0.15, -0.1) is 0 Å². The summed E-state index contributed by atoms with van der Waals surface area (Å²) in [5.41, 5.74) is 2.61. The van der Waals surface area contributed by atoms with Gasteiger partial charge in [0.2, 0.25) is 0 Å². The molecule has 0 saturated heterocycles. The van der Waals surface area contributed by atoms with Gasteiger partial charge in [-0.1, -0.05) is 31.2 Å². The van der Waals surface area contributed by atoms with Crippen molar-refractivity contribution >= 4 is 23.0 Å². The fraction of sp³-hybridized carbons (Fsp3) is 0.158. The summed E-state index contributed by atoms with van der Waals surface area (Å²) in [6.45, 7) is 3.93. The van der Waals surface area contributed by atoms with Crippen LogP contribution in [0.25, 0.3) is 0 Å². The summed E-state index contributed by atoms with van der Waals surface area (Å²) in [6.07, 6.45) is 1.00. The normalized spacial score (nSPS) is 10.5. The van der Waals surface area contributed by atoms with E-state index in [0.717, 1.165) is 12.1 Å². The van der Waals surface area contributed by atoms with E-state index < -0.39 is 0 Å². The minimum atomic E-state index is -0.321. The minimum Gasteiger partial charge on any atom is -0.340 e. The molecule has 5 heteroatoms. The van der Waals surface area contributed by atoms with Crippen LogP contribution in [-0.4, -0.2) is 9.97 Å². The van der Waals surface area contributed by atoms with E-state index in [1.165, 1.54) is 11.6 Å². The maximum Gasteiger partial charge on any atom is 0.146 e. The molecule has 0 radical (unpaired) electrons. The first-order chi connectivity index (χ1) is 11.6. The molecule has 3 aromatic rings. The van der Waals surface area contributed by atoms with Gasteiger partial charge in [-0.05, 0) is 43.2 Å². The number of nitrogens with one attached hydrogen (secondary N) is 2. The summed E-state index contributed by atoms with van der Waals surface area (Å²) >= 11 is 0. The molecule has 3 rings (SSSR count). The van der Waals surface area contributed by atoms with Crippen molar-refractivity contribution < 1.29 is 4.39 Å². The number of rotatable bonds is 5. The fourth-order valence-corrected chi connectivity index (χ4v) is 2.37. The lowest BCUT2D eigenvalue weighted by molar-refractivity contribution is 0.632. The average Bonchev–Trinajstić information content (AvgIpc) is 2.57. The van der Waals surface area contributed by atoms with Crippen LogP contribution in [0.2, 0.25) is 0 Å². The second-order valence-corrected chi connectivity index (χ2v) is 5.47. The van der Waals surface area contributed by atoms with Crippen molar-refractivity contribution in [1.82, 2.24) is 9.97 Å². The average molecular weight is 322 g/mol. The maximum absolute atomic E-state index is 13.8. The molecule has 4 nitrogen and oxygen atoms in total. The van der Waals surface area contributed by atoms with Crippen molar-refractivity contribution in [3.63, 3.8) is 0 Å². The highest BCUT2D eigenvalue weighted by molar-refractivity contribution is 5.63. The molecular formula is C19H19FN4. The molecule has 0 aliphatic rings. The highest BCUT2D eigenvalue weighted by Crippen LogP contribution is 2.22. The van der Waals surface area contributed by atoms with Crippen molar-refractivity contribution in [2.45, 2.75) is 20.3 Å². The third kappa shape index (κ3) is 3.87. The zero-order valence-corrected chi connectivity index (χ0v) is 13.7. The topological polar surface area (TPSA) is 49.8 Å². The number of halogens is 1. The Labute approximate surface area is 140 Å². The second-order valence-electron chi connectivity index (χ2n) is 5.47. The largest absolute Gasteiger partial charge is 0.340 e. The molecule has 0 unspecified atom stereocenters. The Balaban J connectivity index is 1.81. The number of hydrogen-bond donors (Lipinski definition) is 2. The van der Waals surface area contributed by atoms with Gasteiger partial charge in [0.05, 0.1) is 5.69 Å². The molecule has 1 heterocycles. The first-order valence-electron chi connectivity index (χ1n) is 7.87. The zero-order valence-electron chi connectivity index (χ0n) is 13.7. The molecule has 24 heavy (non-hydrogen) atoms. The molecule has 0 aliphatic carbocycles. The Morgan fingerprint density at radius 1 is 0.917 bits per heavy atom. The van der Waals surface area contributed by atoms with Gasteiger partial charge in [0.15, 0.2) is 0 Å². The Bertz CT molecular complexity index is 831. The molecule has 2 aromatic carbocycles. The van der Waals surface area contributed by atoms with Crippen LogP contribution in [-0.2, 0) is 6.42 Å². The molecule has 0 atom stereocenters. The highest BCUT2D eigenvalue weighted by Gasteiger charge is 2.06. The summed E-state index contributed by atoms with van der Waals surface area (Å²) in [4.78, 5) is 8.69. The number of benzene rings is 2. The van der Waals surface area contributed by atoms with Gasteiger partial charge >= 0.3 is 0 Å².